The van der Waals surface area contributed by atoms with Crippen LogP contribution in [0.3, 0.4) is 0 Å². The molecule has 1 aliphatic carbocycles. The topological polar surface area (TPSA) is 32.8 Å². The Morgan fingerprint density at radius 1 is 1.19 bits per heavy atom. The van der Waals surface area contributed by atoms with Gasteiger partial charge in [0.25, 0.3) is 0 Å². The van der Waals surface area contributed by atoms with Crippen molar-refractivity contribution >= 4 is 5.91 Å². The summed E-state index contributed by atoms with van der Waals surface area (Å²) >= 11 is 0. The van der Waals surface area contributed by atoms with Crippen LogP contribution in [-0.2, 0) is 4.79 Å². The van der Waals surface area contributed by atoms with Crippen molar-refractivity contribution in [2.24, 2.45) is 17.3 Å². The number of ether oxygens (including phenoxy) is 1. The number of hydrogen-bond donors (Lipinski definition) is 0. The molecule has 0 bridgehead atoms. The van der Waals surface area contributed by atoms with Crippen LogP contribution in [0.4, 0.5) is 0 Å². The van der Waals surface area contributed by atoms with E-state index in [9.17, 15) is 4.79 Å². The van der Waals surface area contributed by atoms with Crippen molar-refractivity contribution in [3.05, 3.63) is 29.8 Å². The maximum Gasteiger partial charge on any atom is 0.228 e. The van der Waals surface area contributed by atoms with Gasteiger partial charge in [-0.1, -0.05) is 32.9 Å². The van der Waals surface area contributed by atoms with Gasteiger partial charge in [-0.2, -0.15) is 0 Å². The van der Waals surface area contributed by atoms with Gasteiger partial charge in [0, 0.05) is 49.5 Å². The molecule has 3 fully saturated rings. The molecule has 1 saturated carbocycles. The first-order valence-electron chi connectivity index (χ1n) is 10.5. The van der Waals surface area contributed by atoms with Crippen molar-refractivity contribution in [2.75, 3.05) is 33.3 Å². The average molecular weight is 371 g/mol. The summed E-state index contributed by atoms with van der Waals surface area (Å²) in [6.07, 6.45) is 3.91. The first-order valence-corrected chi connectivity index (χ1v) is 10.5. The average Bonchev–Trinajstić information content (AvgIpc) is 3.38. The SMILES string of the molecule is COc1cccc([C@H]2CN(C(=O)C(C)(C)C)[C@@H]3CCN(CC4CC4)C[C@H]23)c1. The monoisotopic (exact) mass is 370 g/mol. The Hall–Kier alpha value is -1.55. The number of likely N-dealkylation sites (tertiary alicyclic amines) is 2. The molecule has 4 nitrogen and oxygen atoms in total. The number of nitrogens with zero attached hydrogens (tertiary/aromatic N) is 2. The first-order chi connectivity index (χ1) is 12.9. The molecule has 1 amide bonds. The van der Waals surface area contributed by atoms with Crippen molar-refractivity contribution in [1.29, 1.82) is 0 Å². The van der Waals surface area contributed by atoms with Crippen LogP contribution in [-0.4, -0.2) is 55.0 Å². The fraction of sp³-hybridized carbons (Fsp3) is 0.696. The van der Waals surface area contributed by atoms with Crippen LogP contribution in [0.15, 0.2) is 24.3 Å². The predicted molar refractivity (Wildman–Crippen MR) is 108 cm³/mol. The summed E-state index contributed by atoms with van der Waals surface area (Å²) < 4.78 is 5.47. The lowest BCUT2D eigenvalue weighted by Gasteiger charge is -2.40. The van der Waals surface area contributed by atoms with Crippen LogP contribution in [0, 0.1) is 17.3 Å². The lowest BCUT2D eigenvalue weighted by molar-refractivity contribution is -0.141. The van der Waals surface area contributed by atoms with Gasteiger partial charge in [-0.3, -0.25) is 4.79 Å². The summed E-state index contributed by atoms with van der Waals surface area (Å²) in [4.78, 5) is 18.1. The van der Waals surface area contributed by atoms with E-state index in [-0.39, 0.29) is 5.41 Å². The Morgan fingerprint density at radius 3 is 2.63 bits per heavy atom. The van der Waals surface area contributed by atoms with Gasteiger partial charge in [-0.15, -0.1) is 0 Å². The molecule has 2 saturated heterocycles. The van der Waals surface area contributed by atoms with Gasteiger partial charge in [0.15, 0.2) is 0 Å². The fourth-order valence-electron chi connectivity index (χ4n) is 5.03. The van der Waals surface area contributed by atoms with E-state index in [4.69, 9.17) is 4.74 Å². The van der Waals surface area contributed by atoms with E-state index in [2.05, 4.69) is 28.0 Å². The number of carbonyl (C=O) groups excluding carboxylic acids is 1. The molecule has 3 aliphatic rings. The van der Waals surface area contributed by atoms with Crippen molar-refractivity contribution < 1.29 is 9.53 Å². The van der Waals surface area contributed by atoms with Crippen molar-refractivity contribution in [3.63, 3.8) is 0 Å². The summed E-state index contributed by atoms with van der Waals surface area (Å²) in [7, 11) is 1.73. The number of fused-ring (bicyclic) bond motifs is 1. The van der Waals surface area contributed by atoms with Gasteiger partial charge >= 0.3 is 0 Å². The van der Waals surface area contributed by atoms with E-state index in [1.165, 1.54) is 24.9 Å². The molecule has 0 spiro atoms. The van der Waals surface area contributed by atoms with Gasteiger partial charge in [0.2, 0.25) is 5.91 Å². The molecular formula is C23H34N2O2. The molecule has 0 unspecified atom stereocenters. The third-order valence-corrected chi connectivity index (χ3v) is 6.65. The van der Waals surface area contributed by atoms with Gasteiger partial charge in [-0.25, -0.2) is 0 Å². The molecular weight excluding hydrogens is 336 g/mol. The molecule has 4 heteroatoms. The predicted octanol–water partition coefficient (Wildman–Crippen LogP) is 3.77. The Bertz CT molecular complexity index is 692. The maximum atomic E-state index is 13.2. The summed E-state index contributed by atoms with van der Waals surface area (Å²) in [5, 5.41) is 0. The minimum atomic E-state index is -0.320. The third kappa shape index (κ3) is 3.87. The van der Waals surface area contributed by atoms with Crippen LogP contribution in [0.2, 0.25) is 0 Å². The molecule has 0 radical (unpaired) electrons. The number of amides is 1. The zero-order valence-corrected chi connectivity index (χ0v) is 17.3. The zero-order valence-electron chi connectivity index (χ0n) is 17.3. The Balaban J connectivity index is 1.60. The van der Waals surface area contributed by atoms with Crippen LogP contribution in [0.1, 0.15) is 51.5 Å². The number of rotatable bonds is 4. The smallest absolute Gasteiger partial charge is 0.228 e. The van der Waals surface area contributed by atoms with Crippen LogP contribution in [0.25, 0.3) is 0 Å². The van der Waals surface area contributed by atoms with Gasteiger partial charge in [-0.05, 0) is 42.9 Å². The summed E-state index contributed by atoms with van der Waals surface area (Å²) in [6.45, 7) is 10.5. The van der Waals surface area contributed by atoms with Gasteiger partial charge in [0.1, 0.15) is 5.75 Å². The second-order valence-electron chi connectivity index (χ2n) is 9.81. The van der Waals surface area contributed by atoms with E-state index in [0.29, 0.717) is 23.8 Å². The lowest BCUT2D eigenvalue weighted by atomic mass is 9.81. The second kappa shape index (κ2) is 7.12. The Morgan fingerprint density at radius 2 is 1.96 bits per heavy atom. The molecule has 1 aromatic carbocycles. The van der Waals surface area contributed by atoms with E-state index >= 15 is 0 Å². The van der Waals surface area contributed by atoms with Gasteiger partial charge in [0.05, 0.1) is 7.11 Å². The minimum absolute atomic E-state index is 0.304. The summed E-state index contributed by atoms with van der Waals surface area (Å²) in [6, 6.07) is 8.86. The molecule has 4 rings (SSSR count). The highest BCUT2D eigenvalue weighted by atomic mass is 16.5. The van der Waals surface area contributed by atoms with E-state index < -0.39 is 0 Å². The second-order valence-corrected chi connectivity index (χ2v) is 9.81. The van der Waals surface area contributed by atoms with Crippen molar-refractivity contribution in [1.82, 2.24) is 9.80 Å². The highest BCUT2D eigenvalue weighted by molar-refractivity contribution is 5.82. The first kappa shape index (κ1) is 18.8. The van der Waals surface area contributed by atoms with Crippen molar-refractivity contribution in [2.45, 2.75) is 52.0 Å². The Labute approximate surface area is 163 Å². The molecule has 2 heterocycles. The van der Waals surface area contributed by atoms with Crippen LogP contribution < -0.4 is 4.74 Å². The van der Waals surface area contributed by atoms with Crippen molar-refractivity contribution in [3.8, 4) is 5.75 Å². The normalized spacial score (nSPS) is 28.9. The molecule has 3 atom stereocenters. The summed E-state index contributed by atoms with van der Waals surface area (Å²) in [5.41, 5.74) is 1.00. The quantitative estimate of drug-likeness (QED) is 0.809. The maximum absolute atomic E-state index is 13.2. The molecule has 2 aliphatic heterocycles. The Kier molecular flexibility index (Phi) is 4.96. The number of hydrogen-bond acceptors (Lipinski definition) is 3. The molecule has 0 aromatic heterocycles. The van der Waals surface area contributed by atoms with E-state index in [1.807, 2.05) is 26.8 Å². The lowest BCUT2D eigenvalue weighted by Crippen LogP contribution is -2.50. The minimum Gasteiger partial charge on any atom is -0.497 e. The number of methoxy groups -OCH3 is 1. The van der Waals surface area contributed by atoms with E-state index in [0.717, 1.165) is 37.7 Å². The number of benzene rings is 1. The largest absolute Gasteiger partial charge is 0.497 e. The van der Waals surface area contributed by atoms with Crippen LogP contribution in [0.5, 0.6) is 5.75 Å². The number of carbonyl (C=O) groups is 1. The molecule has 0 N–H and O–H groups in total. The zero-order chi connectivity index (χ0) is 19.2. The highest BCUT2D eigenvalue weighted by Crippen LogP contribution is 2.44. The van der Waals surface area contributed by atoms with Gasteiger partial charge < -0.3 is 14.5 Å². The van der Waals surface area contributed by atoms with Crippen LogP contribution >= 0.6 is 0 Å². The molecule has 1 aromatic rings. The highest BCUT2D eigenvalue weighted by Gasteiger charge is 2.48. The van der Waals surface area contributed by atoms with E-state index in [1.54, 1.807) is 7.11 Å². The fourth-order valence-corrected chi connectivity index (χ4v) is 5.03. The third-order valence-electron chi connectivity index (χ3n) is 6.65. The molecule has 148 valence electrons. The standard InChI is InChI=1S/C23H34N2O2/c1-23(2,3)22(26)25-15-19(17-6-5-7-18(12-17)27-4)20-14-24(11-10-21(20)25)13-16-8-9-16/h5-7,12,16,19-21H,8-11,13-15H2,1-4H3/t19-,20-,21-/m1/s1. The number of piperidine rings is 1. The summed E-state index contributed by atoms with van der Waals surface area (Å²) in [5.74, 6) is 3.06. The molecule has 27 heavy (non-hydrogen) atoms.